The molecule has 2 N–H and O–H groups in total. The molecule has 1 saturated carbocycles. The highest BCUT2D eigenvalue weighted by atomic mass is 15.1. The van der Waals surface area contributed by atoms with Crippen molar-refractivity contribution in [2.45, 2.75) is 64.5 Å². The summed E-state index contributed by atoms with van der Waals surface area (Å²) in [5.41, 5.74) is 8.72. The molecule has 1 aromatic heterocycles. The highest BCUT2D eigenvalue weighted by Gasteiger charge is 2.22. The fourth-order valence-electron chi connectivity index (χ4n) is 2.69. The van der Waals surface area contributed by atoms with Crippen molar-refractivity contribution < 1.29 is 0 Å². The van der Waals surface area contributed by atoms with E-state index in [0.29, 0.717) is 12.1 Å². The van der Waals surface area contributed by atoms with E-state index in [1.165, 1.54) is 37.8 Å². The first-order valence-corrected chi connectivity index (χ1v) is 6.45. The van der Waals surface area contributed by atoms with Crippen molar-refractivity contribution in [3.63, 3.8) is 0 Å². The van der Waals surface area contributed by atoms with Crippen LogP contribution in [0.3, 0.4) is 0 Å². The second-order valence-corrected chi connectivity index (χ2v) is 5.05. The molecule has 0 radical (unpaired) electrons. The van der Waals surface area contributed by atoms with Crippen LogP contribution in [0.5, 0.6) is 0 Å². The summed E-state index contributed by atoms with van der Waals surface area (Å²) >= 11 is 0. The van der Waals surface area contributed by atoms with Crippen LogP contribution >= 0.6 is 0 Å². The zero-order valence-electron chi connectivity index (χ0n) is 10.4. The Morgan fingerprint density at radius 3 is 2.50 bits per heavy atom. The Morgan fingerprint density at radius 2 is 1.88 bits per heavy atom. The standard InChI is InChI=1S/C13H23N3/c1-10-11(2)16(9-15-10)13-8-6-4-3-5-7-12(13)14/h9,12-13H,3-8,14H2,1-2H3. The van der Waals surface area contributed by atoms with E-state index in [2.05, 4.69) is 23.4 Å². The number of hydrogen-bond acceptors (Lipinski definition) is 2. The molecule has 2 atom stereocenters. The summed E-state index contributed by atoms with van der Waals surface area (Å²) in [5, 5.41) is 0. The van der Waals surface area contributed by atoms with E-state index >= 15 is 0 Å². The summed E-state index contributed by atoms with van der Waals surface area (Å²) in [6, 6.07) is 0.758. The van der Waals surface area contributed by atoms with Crippen LogP contribution in [0.4, 0.5) is 0 Å². The largest absolute Gasteiger partial charge is 0.330 e. The Bertz CT molecular complexity index is 343. The maximum atomic E-state index is 6.31. The molecule has 1 fully saturated rings. The molecule has 1 heterocycles. The van der Waals surface area contributed by atoms with Crippen LogP contribution in [0.15, 0.2) is 6.33 Å². The van der Waals surface area contributed by atoms with E-state index < -0.39 is 0 Å². The average Bonchev–Trinajstić information content (AvgIpc) is 2.56. The van der Waals surface area contributed by atoms with Gasteiger partial charge in [0.05, 0.1) is 12.0 Å². The average molecular weight is 221 g/mol. The molecular formula is C13H23N3. The molecule has 16 heavy (non-hydrogen) atoms. The Labute approximate surface area is 98.1 Å². The van der Waals surface area contributed by atoms with Crippen LogP contribution in [-0.2, 0) is 0 Å². The van der Waals surface area contributed by atoms with Crippen LogP contribution in [0.25, 0.3) is 0 Å². The van der Waals surface area contributed by atoms with E-state index in [4.69, 9.17) is 5.73 Å². The highest BCUT2D eigenvalue weighted by Crippen LogP contribution is 2.27. The van der Waals surface area contributed by atoms with Gasteiger partial charge >= 0.3 is 0 Å². The van der Waals surface area contributed by atoms with Crippen molar-refractivity contribution in [2.24, 2.45) is 5.73 Å². The SMILES string of the molecule is Cc1ncn(C2CCCCCCC2N)c1C. The normalized spacial score (nSPS) is 27.4. The third-order valence-corrected chi connectivity index (χ3v) is 3.93. The van der Waals surface area contributed by atoms with Gasteiger partial charge in [0, 0.05) is 17.8 Å². The topological polar surface area (TPSA) is 43.8 Å². The Balaban J connectivity index is 2.19. The Hall–Kier alpha value is -0.830. The van der Waals surface area contributed by atoms with E-state index in [0.717, 1.165) is 12.1 Å². The fraction of sp³-hybridized carbons (Fsp3) is 0.769. The lowest BCUT2D eigenvalue weighted by molar-refractivity contribution is 0.323. The van der Waals surface area contributed by atoms with Gasteiger partial charge in [0.1, 0.15) is 0 Å². The summed E-state index contributed by atoms with van der Waals surface area (Å²) in [6.45, 7) is 4.22. The summed E-state index contributed by atoms with van der Waals surface area (Å²) in [4.78, 5) is 4.39. The second kappa shape index (κ2) is 5.00. The van der Waals surface area contributed by atoms with Crippen molar-refractivity contribution >= 4 is 0 Å². The lowest BCUT2D eigenvalue weighted by Crippen LogP contribution is -2.33. The molecule has 1 aromatic rings. The van der Waals surface area contributed by atoms with Gasteiger partial charge in [-0.2, -0.15) is 0 Å². The van der Waals surface area contributed by atoms with Gasteiger partial charge in [0.2, 0.25) is 0 Å². The molecule has 0 amide bonds. The van der Waals surface area contributed by atoms with Gasteiger partial charge in [-0.15, -0.1) is 0 Å². The molecule has 0 spiro atoms. The van der Waals surface area contributed by atoms with E-state index in [-0.39, 0.29) is 0 Å². The number of aromatic nitrogens is 2. The van der Waals surface area contributed by atoms with Crippen LogP contribution in [0.1, 0.15) is 56.0 Å². The smallest absolute Gasteiger partial charge is 0.0954 e. The van der Waals surface area contributed by atoms with Crippen LogP contribution < -0.4 is 5.73 Å². The van der Waals surface area contributed by atoms with Gasteiger partial charge in [-0.1, -0.05) is 25.7 Å². The third-order valence-electron chi connectivity index (χ3n) is 3.93. The molecule has 2 unspecified atom stereocenters. The number of rotatable bonds is 1. The molecule has 3 heteroatoms. The molecule has 1 aliphatic carbocycles. The quantitative estimate of drug-likeness (QED) is 0.792. The predicted octanol–water partition coefficient (Wildman–Crippen LogP) is 2.72. The molecule has 90 valence electrons. The second-order valence-electron chi connectivity index (χ2n) is 5.05. The van der Waals surface area contributed by atoms with Gasteiger partial charge in [0.15, 0.2) is 0 Å². The summed E-state index contributed by atoms with van der Waals surface area (Å²) in [6.07, 6.45) is 9.62. The predicted molar refractivity (Wildman–Crippen MR) is 66.4 cm³/mol. The Morgan fingerprint density at radius 1 is 1.19 bits per heavy atom. The van der Waals surface area contributed by atoms with Gasteiger partial charge < -0.3 is 10.3 Å². The van der Waals surface area contributed by atoms with E-state index in [1.54, 1.807) is 0 Å². The number of hydrogen-bond donors (Lipinski definition) is 1. The van der Waals surface area contributed by atoms with Crippen molar-refractivity contribution in [1.29, 1.82) is 0 Å². The van der Waals surface area contributed by atoms with Crippen molar-refractivity contribution in [3.8, 4) is 0 Å². The molecule has 0 saturated heterocycles. The zero-order chi connectivity index (χ0) is 11.5. The van der Waals surface area contributed by atoms with Gasteiger partial charge in [-0.3, -0.25) is 0 Å². The molecular weight excluding hydrogens is 198 g/mol. The lowest BCUT2D eigenvalue weighted by atomic mass is 9.92. The first-order valence-electron chi connectivity index (χ1n) is 6.45. The third kappa shape index (κ3) is 2.29. The maximum absolute atomic E-state index is 6.31. The van der Waals surface area contributed by atoms with Crippen LogP contribution in [0, 0.1) is 13.8 Å². The minimum Gasteiger partial charge on any atom is -0.330 e. The molecule has 3 nitrogen and oxygen atoms in total. The first kappa shape index (κ1) is 11.6. The Kier molecular flexibility index (Phi) is 3.64. The zero-order valence-corrected chi connectivity index (χ0v) is 10.4. The van der Waals surface area contributed by atoms with Crippen molar-refractivity contribution in [3.05, 3.63) is 17.7 Å². The molecule has 0 bridgehead atoms. The van der Waals surface area contributed by atoms with Crippen molar-refractivity contribution in [1.82, 2.24) is 9.55 Å². The number of aryl methyl sites for hydroxylation is 1. The van der Waals surface area contributed by atoms with Gasteiger partial charge in [-0.05, 0) is 26.7 Å². The molecule has 0 aromatic carbocycles. The minimum absolute atomic E-state index is 0.299. The number of nitrogens with zero attached hydrogens (tertiary/aromatic N) is 2. The summed E-state index contributed by atoms with van der Waals surface area (Å²) in [7, 11) is 0. The fourth-order valence-corrected chi connectivity index (χ4v) is 2.69. The molecule has 0 aliphatic heterocycles. The first-order chi connectivity index (χ1) is 7.70. The molecule has 2 rings (SSSR count). The van der Waals surface area contributed by atoms with Crippen LogP contribution in [-0.4, -0.2) is 15.6 Å². The van der Waals surface area contributed by atoms with E-state index in [1.807, 2.05) is 6.33 Å². The van der Waals surface area contributed by atoms with Crippen LogP contribution in [0.2, 0.25) is 0 Å². The monoisotopic (exact) mass is 221 g/mol. The van der Waals surface area contributed by atoms with Gasteiger partial charge in [-0.25, -0.2) is 4.98 Å². The number of nitrogens with two attached hydrogens (primary N) is 1. The summed E-state index contributed by atoms with van der Waals surface area (Å²) in [5.74, 6) is 0. The molecule has 1 aliphatic rings. The minimum atomic E-state index is 0.299. The highest BCUT2D eigenvalue weighted by molar-refractivity contribution is 5.10. The van der Waals surface area contributed by atoms with Crippen molar-refractivity contribution in [2.75, 3.05) is 0 Å². The van der Waals surface area contributed by atoms with E-state index in [9.17, 15) is 0 Å². The lowest BCUT2D eigenvalue weighted by Gasteiger charge is -2.28. The summed E-state index contributed by atoms with van der Waals surface area (Å²) < 4.78 is 2.30. The maximum Gasteiger partial charge on any atom is 0.0954 e. The van der Waals surface area contributed by atoms with Gasteiger partial charge in [0.25, 0.3) is 0 Å². The number of imidazole rings is 1.